The average molecular weight is 388 g/mol. The molecule has 1 atom stereocenters. The summed E-state index contributed by atoms with van der Waals surface area (Å²) in [5.74, 6) is 0.412. The highest BCUT2D eigenvalue weighted by Crippen LogP contribution is 2.36. The number of hydrogen-bond acceptors (Lipinski definition) is 3. The molecule has 2 aromatic rings. The van der Waals surface area contributed by atoms with Gasteiger partial charge in [-0.05, 0) is 36.8 Å². The first-order chi connectivity index (χ1) is 12.2. The Kier molecular flexibility index (Phi) is 6.37. The van der Waals surface area contributed by atoms with Gasteiger partial charge >= 0.3 is 6.18 Å². The first-order valence-electron chi connectivity index (χ1n) is 7.73. The van der Waals surface area contributed by atoms with Crippen LogP contribution in [-0.4, -0.2) is 19.1 Å². The summed E-state index contributed by atoms with van der Waals surface area (Å²) < 4.78 is 49.5. The second kappa shape index (κ2) is 8.31. The Hall–Kier alpha value is -2.41. The van der Waals surface area contributed by atoms with Crippen LogP contribution in [0.1, 0.15) is 18.9 Å². The van der Waals surface area contributed by atoms with Crippen LogP contribution in [0.4, 0.5) is 18.9 Å². The highest BCUT2D eigenvalue weighted by Gasteiger charge is 2.33. The summed E-state index contributed by atoms with van der Waals surface area (Å²) in [6, 6.07) is 9.87. The number of ether oxygens (including phenoxy) is 2. The van der Waals surface area contributed by atoms with Crippen LogP contribution in [0.15, 0.2) is 42.5 Å². The van der Waals surface area contributed by atoms with Crippen LogP contribution in [0.2, 0.25) is 5.02 Å². The first kappa shape index (κ1) is 19.9. The minimum absolute atomic E-state index is 0.0144. The predicted octanol–water partition coefficient (Wildman–Crippen LogP) is 5.16. The lowest BCUT2D eigenvalue weighted by molar-refractivity contribution is -0.137. The maximum absolute atomic E-state index is 12.9. The standard InChI is InChI=1S/C18H17ClF3NO3/c1-3-16(26-13-6-4-5-12(10-13)25-2)17(24)23-11-7-8-15(19)14(9-11)18(20,21)22/h4-10,16H,3H2,1-2H3,(H,23,24)/t16-/m0/s1. The summed E-state index contributed by atoms with van der Waals surface area (Å²) in [5, 5.41) is 1.99. The predicted molar refractivity (Wildman–Crippen MR) is 92.8 cm³/mol. The molecule has 4 nitrogen and oxygen atoms in total. The Bertz CT molecular complexity index is 781. The molecule has 0 bridgehead atoms. The van der Waals surface area contributed by atoms with Gasteiger partial charge in [-0.2, -0.15) is 13.2 Å². The molecule has 0 unspecified atom stereocenters. The number of carbonyl (C=O) groups excluding carboxylic acids is 1. The molecule has 2 rings (SSSR count). The normalized spacial score (nSPS) is 12.4. The summed E-state index contributed by atoms with van der Waals surface area (Å²) in [6.45, 7) is 1.73. The number of benzene rings is 2. The van der Waals surface area contributed by atoms with Gasteiger partial charge in [0.05, 0.1) is 17.7 Å². The van der Waals surface area contributed by atoms with Crippen LogP contribution in [0.3, 0.4) is 0 Å². The highest BCUT2D eigenvalue weighted by molar-refractivity contribution is 6.31. The van der Waals surface area contributed by atoms with E-state index in [-0.39, 0.29) is 5.69 Å². The third-order valence-electron chi connectivity index (χ3n) is 3.52. The zero-order valence-electron chi connectivity index (χ0n) is 14.1. The van der Waals surface area contributed by atoms with E-state index in [0.717, 1.165) is 12.1 Å². The van der Waals surface area contributed by atoms with Crippen LogP contribution < -0.4 is 14.8 Å². The summed E-state index contributed by atoms with van der Waals surface area (Å²) in [5.41, 5.74) is -1.03. The van der Waals surface area contributed by atoms with E-state index in [4.69, 9.17) is 21.1 Å². The van der Waals surface area contributed by atoms with Crippen molar-refractivity contribution >= 4 is 23.2 Å². The summed E-state index contributed by atoms with van der Waals surface area (Å²) in [4.78, 5) is 12.4. The number of alkyl halides is 3. The van der Waals surface area contributed by atoms with Gasteiger partial charge in [0.15, 0.2) is 6.10 Å². The molecule has 26 heavy (non-hydrogen) atoms. The molecule has 0 aliphatic rings. The van der Waals surface area contributed by atoms with Crippen molar-refractivity contribution in [2.45, 2.75) is 25.6 Å². The van der Waals surface area contributed by atoms with Crippen LogP contribution in [0.5, 0.6) is 11.5 Å². The van der Waals surface area contributed by atoms with E-state index in [1.54, 1.807) is 31.2 Å². The van der Waals surface area contributed by atoms with Crippen molar-refractivity contribution in [2.75, 3.05) is 12.4 Å². The fourth-order valence-corrected chi connectivity index (χ4v) is 2.43. The van der Waals surface area contributed by atoms with E-state index in [0.29, 0.717) is 17.9 Å². The lowest BCUT2D eigenvalue weighted by Gasteiger charge is -2.18. The number of halogens is 4. The number of carbonyl (C=O) groups is 1. The summed E-state index contributed by atoms with van der Waals surface area (Å²) in [7, 11) is 1.50. The molecular formula is C18H17ClF3NO3. The van der Waals surface area contributed by atoms with Gasteiger partial charge in [-0.1, -0.05) is 24.6 Å². The van der Waals surface area contributed by atoms with Crippen LogP contribution in [0, 0.1) is 0 Å². The second-order valence-electron chi connectivity index (χ2n) is 5.38. The van der Waals surface area contributed by atoms with Gasteiger partial charge in [0, 0.05) is 11.8 Å². The smallest absolute Gasteiger partial charge is 0.417 e. The van der Waals surface area contributed by atoms with Crippen molar-refractivity contribution in [3.8, 4) is 11.5 Å². The SMILES string of the molecule is CC[C@H](Oc1cccc(OC)c1)C(=O)Nc1ccc(Cl)c(C(F)(F)F)c1. The number of amides is 1. The van der Waals surface area contributed by atoms with Gasteiger partial charge in [-0.3, -0.25) is 4.79 Å². The molecule has 8 heteroatoms. The average Bonchev–Trinajstić information content (AvgIpc) is 2.60. The molecule has 0 heterocycles. The third-order valence-corrected chi connectivity index (χ3v) is 3.85. The van der Waals surface area contributed by atoms with Gasteiger partial charge in [0.1, 0.15) is 11.5 Å². The monoisotopic (exact) mass is 387 g/mol. The molecular weight excluding hydrogens is 371 g/mol. The molecule has 1 N–H and O–H groups in total. The number of rotatable bonds is 6. The molecule has 0 aliphatic carbocycles. The van der Waals surface area contributed by atoms with E-state index in [9.17, 15) is 18.0 Å². The number of hydrogen-bond donors (Lipinski definition) is 1. The zero-order chi connectivity index (χ0) is 19.3. The molecule has 1 amide bonds. The van der Waals surface area contributed by atoms with Gasteiger partial charge < -0.3 is 14.8 Å². The van der Waals surface area contributed by atoms with Crippen molar-refractivity contribution < 1.29 is 27.4 Å². The fraction of sp³-hybridized carbons (Fsp3) is 0.278. The van der Waals surface area contributed by atoms with Crippen molar-refractivity contribution in [3.05, 3.63) is 53.1 Å². The van der Waals surface area contributed by atoms with Crippen molar-refractivity contribution in [1.82, 2.24) is 0 Å². The maximum atomic E-state index is 12.9. The summed E-state index contributed by atoms with van der Waals surface area (Å²) >= 11 is 5.57. The molecule has 0 aliphatic heterocycles. The number of nitrogens with one attached hydrogen (secondary N) is 1. The number of anilines is 1. The molecule has 2 aromatic carbocycles. The molecule has 0 radical (unpaired) electrons. The maximum Gasteiger partial charge on any atom is 0.417 e. The van der Waals surface area contributed by atoms with Crippen LogP contribution in [-0.2, 0) is 11.0 Å². The van der Waals surface area contributed by atoms with E-state index < -0.39 is 28.8 Å². The fourth-order valence-electron chi connectivity index (χ4n) is 2.20. The highest BCUT2D eigenvalue weighted by atomic mass is 35.5. The molecule has 0 spiro atoms. The van der Waals surface area contributed by atoms with E-state index in [1.165, 1.54) is 13.2 Å². The van der Waals surface area contributed by atoms with E-state index in [2.05, 4.69) is 5.32 Å². The summed E-state index contributed by atoms with van der Waals surface area (Å²) in [6.07, 6.45) is -5.17. The largest absolute Gasteiger partial charge is 0.497 e. The van der Waals surface area contributed by atoms with Gasteiger partial charge in [0.25, 0.3) is 5.91 Å². The van der Waals surface area contributed by atoms with Gasteiger partial charge in [-0.15, -0.1) is 0 Å². The zero-order valence-corrected chi connectivity index (χ0v) is 14.8. The Morgan fingerprint density at radius 3 is 2.50 bits per heavy atom. The van der Waals surface area contributed by atoms with Crippen molar-refractivity contribution in [3.63, 3.8) is 0 Å². The Labute approximate surface area is 153 Å². The molecule has 0 saturated heterocycles. The lowest BCUT2D eigenvalue weighted by atomic mass is 10.1. The molecule has 140 valence electrons. The molecule has 0 aromatic heterocycles. The van der Waals surface area contributed by atoms with E-state index in [1.807, 2.05) is 0 Å². The van der Waals surface area contributed by atoms with Crippen molar-refractivity contribution in [2.24, 2.45) is 0 Å². The lowest BCUT2D eigenvalue weighted by Crippen LogP contribution is -2.32. The number of methoxy groups -OCH3 is 1. The second-order valence-corrected chi connectivity index (χ2v) is 5.78. The van der Waals surface area contributed by atoms with Crippen molar-refractivity contribution in [1.29, 1.82) is 0 Å². The van der Waals surface area contributed by atoms with Crippen LogP contribution in [0.25, 0.3) is 0 Å². The van der Waals surface area contributed by atoms with Gasteiger partial charge in [0.2, 0.25) is 0 Å². The quantitative estimate of drug-likeness (QED) is 0.744. The Morgan fingerprint density at radius 2 is 1.88 bits per heavy atom. The van der Waals surface area contributed by atoms with E-state index >= 15 is 0 Å². The Balaban J connectivity index is 2.14. The minimum Gasteiger partial charge on any atom is -0.497 e. The Morgan fingerprint density at radius 1 is 1.19 bits per heavy atom. The first-order valence-corrected chi connectivity index (χ1v) is 8.10. The molecule has 0 saturated carbocycles. The minimum atomic E-state index is -4.61. The topological polar surface area (TPSA) is 47.6 Å². The molecule has 0 fully saturated rings. The van der Waals surface area contributed by atoms with Crippen LogP contribution >= 0.6 is 11.6 Å². The third kappa shape index (κ3) is 5.05. The van der Waals surface area contributed by atoms with Gasteiger partial charge in [-0.25, -0.2) is 0 Å².